The lowest BCUT2D eigenvalue weighted by atomic mass is 10.2. The fourth-order valence-electron chi connectivity index (χ4n) is 2.32. The molecular formula is C16H16N4O2. The monoisotopic (exact) mass is 296 g/mol. The van der Waals surface area contributed by atoms with Gasteiger partial charge in [-0.15, -0.1) is 0 Å². The molecule has 2 N–H and O–H groups in total. The molecule has 3 rings (SSSR count). The molecule has 0 saturated carbocycles. The summed E-state index contributed by atoms with van der Waals surface area (Å²) in [6.07, 6.45) is 1.53. The minimum absolute atomic E-state index is 0.202. The lowest BCUT2D eigenvalue weighted by Crippen LogP contribution is -2.22. The number of aryl methyl sites for hydroxylation is 2. The molecule has 0 aliphatic carbocycles. The highest BCUT2D eigenvalue weighted by molar-refractivity contribution is 5.99. The highest BCUT2D eigenvalue weighted by Crippen LogP contribution is 2.13. The summed E-state index contributed by atoms with van der Waals surface area (Å²) in [5.41, 5.74) is 3.69. The number of aromatic hydroxyl groups is 1. The molecule has 2 heterocycles. The summed E-state index contributed by atoms with van der Waals surface area (Å²) in [4.78, 5) is 16.7. The first-order valence-corrected chi connectivity index (χ1v) is 6.92. The molecule has 1 aromatic carbocycles. The lowest BCUT2D eigenvalue weighted by molar-refractivity contribution is 0.0952. The van der Waals surface area contributed by atoms with Gasteiger partial charge in [0.25, 0.3) is 5.91 Å². The van der Waals surface area contributed by atoms with Crippen LogP contribution in [-0.2, 0) is 6.54 Å². The van der Waals surface area contributed by atoms with E-state index in [0.717, 1.165) is 17.0 Å². The van der Waals surface area contributed by atoms with Gasteiger partial charge in [0.15, 0.2) is 5.65 Å². The Hall–Kier alpha value is -2.89. The van der Waals surface area contributed by atoms with Crippen molar-refractivity contribution in [2.75, 3.05) is 0 Å². The summed E-state index contributed by atoms with van der Waals surface area (Å²) in [5.74, 6) is -0.0200. The Morgan fingerprint density at radius 2 is 2.00 bits per heavy atom. The predicted octanol–water partition coefficient (Wildman–Crippen LogP) is 1.98. The zero-order valence-electron chi connectivity index (χ0n) is 12.4. The molecule has 6 heteroatoms. The highest BCUT2D eigenvalue weighted by atomic mass is 16.3. The third-order valence-corrected chi connectivity index (χ3v) is 3.41. The van der Waals surface area contributed by atoms with E-state index in [2.05, 4.69) is 15.4 Å². The smallest absolute Gasteiger partial charge is 0.257 e. The second kappa shape index (κ2) is 5.48. The molecule has 0 unspecified atom stereocenters. The van der Waals surface area contributed by atoms with Gasteiger partial charge < -0.3 is 10.4 Å². The van der Waals surface area contributed by atoms with E-state index in [0.29, 0.717) is 17.8 Å². The minimum atomic E-state index is -0.222. The fraction of sp³-hybridized carbons (Fsp3) is 0.188. The van der Waals surface area contributed by atoms with Crippen LogP contribution >= 0.6 is 0 Å². The molecule has 1 amide bonds. The number of rotatable bonds is 3. The van der Waals surface area contributed by atoms with Crippen LogP contribution in [0.3, 0.4) is 0 Å². The molecule has 0 aliphatic heterocycles. The molecule has 0 radical (unpaired) electrons. The number of aromatic nitrogens is 3. The largest absolute Gasteiger partial charge is 0.508 e. The van der Waals surface area contributed by atoms with Crippen molar-refractivity contribution in [3.05, 3.63) is 59.0 Å². The second-order valence-electron chi connectivity index (χ2n) is 5.18. The van der Waals surface area contributed by atoms with Crippen LogP contribution < -0.4 is 5.32 Å². The van der Waals surface area contributed by atoms with Crippen LogP contribution in [0, 0.1) is 13.8 Å². The molecule has 3 aromatic rings. The van der Waals surface area contributed by atoms with Crippen molar-refractivity contribution in [1.29, 1.82) is 0 Å². The minimum Gasteiger partial charge on any atom is -0.508 e. The number of phenolic OH excluding ortho intramolecular Hbond substituents is 1. The van der Waals surface area contributed by atoms with Crippen molar-refractivity contribution in [1.82, 2.24) is 19.9 Å². The highest BCUT2D eigenvalue weighted by Gasteiger charge is 2.15. The molecule has 2 aromatic heterocycles. The predicted molar refractivity (Wildman–Crippen MR) is 81.7 cm³/mol. The molecule has 0 spiro atoms. The van der Waals surface area contributed by atoms with E-state index < -0.39 is 0 Å². The van der Waals surface area contributed by atoms with Crippen LogP contribution in [0.1, 0.15) is 27.3 Å². The molecule has 0 bridgehead atoms. The standard InChI is InChI=1S/C16H16N4O2/c1-10-7-11(2)20-15(19-10)14(9-18-20)16(22)17-8-12-3-5-13(21)6-4-12/h3-7,9,21H,8H2,1-2H3,(H,17,22). The van der Waals surface area contributed by atoms with Gasteiger partial charge >= 0.3 is 0 Å². The quantitative estimate of drug-likeness (QED) is 0.774. The van der Waals surface area contributed by atoms with Crippen molar-refractivity contribution < 1.29 is 9.90 Å². The summed E-state index contributed by atoms with van der Waals surface area (Å²) in [6.45, 7) is 4.19. The van der Waals surface area contributed by atoms with Gasteiger partial charge in [-0.2, -0.15) is 5.10 Å². The normalized spacial score (nSPS) is 10.8. The van der Waals surface area contributed by atoms with Gasteiger partial charge in [0, 0.05) is 17.9 Å². The summed E-state index contributed by atoms with van der Waals surface area (Å²) >= 11 is 0. The summed E-state index contributed by atoms with van der Waals surface area (Å²) in [7, 11) is 0. The Morgan fingerprint density at radius 3 is 2.73 bits per heavy atom. The third kappa shape index (κ3) is 2.63. The van der Waals surface area contributed by atoms with Crippen LogP contribution in [0.15, 0.2) is 36.5 Å². The Balaban J connectivity index is 1.82. The number of hydrogen-bond acceptors (Lipinski definition) is 4. The van der Waals surface area contributed by atoms with Crippen molar-refractivity contribution in [3.8, 4) is 5.75 Å². The van der Waals surface area contributed by atoms with E-state index in [1.54, 1.807) is 28.8 Å². The number of fused-ring (bicyclic) bond motifs is 1. The van der Waals surface area contributed by atoms with Gasteiger partial charge in [0.2, 0.25) is 0 Å². The average molecular weight is 296 g/mol. The molecule has 0 saturated heterocycles. The number of nitrogens with zero attached hydrogens (tertiary/aromatic N) is 3. The molecular weight excluding hydrogens is 280 g/mol. The Morgan fingerprint density at radius 1 is 1.27 bits per heavy atom. The zero-order valence-corrected chi connectivity index (χ0v) is 12.4. The fourth-order valence-corrected chi connectivity index (χ4v) is 2.32. The molecule has 0 atom stereocenters. The van der Waals surface area contributed by atoms with E-state index in [1.165, 1.54) is 6.20 Å². The van der Waals surface area contributed by atoms with Crippen LogP contribution in [0.5, 0.6) is 5.75 Å². The van der Waals surface area contributed by atoms with E-state index in [9.17, 15) is 9.90 Å². The Kier molecular flexibility index (Phi) is 3.50. The Bertz CT molecular complexity index is 837. The van der Waals surface area contributed by atoms with Gasteiger partial charge in [0.1, 0.15) is 11.3 Å². The first kappa shape index (κ1) is 14.1. The maximum absolute atomic E-state index is 12.3. The number of benzene rings is 1. The summed E-state index contributed by atoms with van der Waals surface area (Å²) in [5, 5.41) is 16.3. The number of phenols is 1. The van der Waals surface area contributed by atoms with Crippen LogP contribution in [0.25, 0.3) is 5.65 Å². The van der Waals surface area contributed by atoms with Crippen molar-refractivity contribution >= 4 is 11.6 Å². The first-order chi connectivity index (χ1) is 10.5. The average Bonchev–Trinajstić information content (AvgIpc) is 2.90. The molecule has 112 valence electrons. The van der Waals surface area contributed by atoms with Gasteiger partial charge in [-0.1, -0.05) is 12.1 Å². The van der Waals surface area contributed by atoms with Crippen molar-refractivity contribution in [2.24, 2.45) is 0 Å². The van der Waals surface area contributed by atoms with Gasteiger partial charge in [-0.05, 0) is 37.6 Å². The van der Waals surface area contributed by atoms with Gasteiger partial charge in [-0.25, -0.2) is 9.50 Å². The molecule has 0 aliphatic rings. The number of amides is 1. The number of hydrogen-bond donors (Lipinski definition) is 2. The van der Waals surface area contributed by atoms with E-state index in [1.807, 2.05) is 19.9 Å². The van der Waals surface area contributed by atoms with Crippen molar-refractivity contribution in [3.63, 3.8) is 0 Å². The van der Waals surface area contributed by atoms with Crippen LogP contribution in [0.2, 0.25) is 0 Å². The first-order valence-electron chi connectivity index (χ1n) is 6.92. The Labute approximate surface area is 127 Å². The molecule has 0 fully saturated rings. The number of carbonyl (C=O) groups is 1. The zero-order chi connectivity index (χ0) is 15.7. The molecule has 22 heavy (non-hydrogen) atoms. The number of nitrogens with one attached hydrogen (secondary N) is 1. The van der Waals surface area contributed by atoms with Crippen LogP contribution in [-0.4, -0.2) is 25.6 Å². The van der Waals surface area contributed by atoms with Gasteiger partial charge in [0.05, 0.1) is 6.20 Å². The van der Waals surface area contributed by atoms with E-state index >= 15 is 0 Å². The van der Waals surface area contributed by atoms with Gasteiger partial charge in [-0.3, -0.25) is 4.79 Å². The lowest BCUT2D eigenvalue weighted by Gasteiger charge is -2.05. The summed E-state index contributed by atoms with van der Waals surface area (Å²) in [6, 6.07) is 8.62. The molecule has 6 nitrogen and oxygen atoms in total. The summed E-state index contributed by atoms with van der Waals surface area (Å²) < 4.78 is 1.66. The topological polar surface area (TPSA) is 79.5 Å². The maximum Gasteiger partial charge on any atom is 0.257 e. The number of carbonyl (C=O) groups excluding carboxylic acids is 1. The second-order valence-corrected chi connectivity index (χ2v) is 5.18. The van der Waals surface area contributed by atoms with Crippen LogP contribution in [0.4, 0.5) is 0 Å². The van der Waals surface area contributed by atoms with E-state index in [4.69, 9.17) is 0 Å². The van der Waals surface area contributed by atoms with Crippen molar-refractivity contribution in [2.45, 2.75) is 20.4 Å². The third-order valence-electron chi connectivity index (χ3n) is 3.41. The maximum atomic E-state index is 12.3. The SMILES string of the molecule is Cc1cc(C)n2ncc(C(=O)NCc3ccc(O)cc3)c2n1. The van der Waals surface area contributed by atoms with E-state index in [-0.39, 0.29) is 11.7 Å².